The topological polar surface area (TPSA) is 35.2 Å². The molecule has 0 amide bonds. The van der Waals surface area contributed by atoms with Crippen molar-refractivity contribution in [2.24, 2.45) is 5.73 Å². The first-order valence-corrected chi connectivity index (χ1v) is 5.92. The molecule has 1 heterocycles. The third-order valence-electron chi connectivity index (χ3n) is 2.78. The van der Waals surface area contributed by atoms with Gasteiger partial charge < -0.3 is 10.5 Å². The second kappa shape index (κ2) is 4.86. The molecule has 0 aliphatic carbocycles. The van der Waals surface area contributed by atoms with E-state index in [0.717, 1.165) is 31.6 Å². The Bertz CT molecular complexity index is 340. The van der Waals surface area contributed by atoms with Gasteiger partial charge in [-0.3, -0.25) is 0 Å². The molecule has 15 heavy (non-hydrogen) atoms. The molecule has 0 aromatic heterocycles. The lowest BCUT2D eigenvalue weighted by Crippen LogP contribution is -2.13. The highest BCUT2D eigenvalue weighted by Gasteiger charge is 2.13. The molecule has 82 valence electrons. The molecule has 0 saturated carbocycles. The Hall–Kier alpha value is -0.730. The first-order chi connectivity index (χ1) is 7.31. The van der Waals surface area contributed by atoms with Gasteiger partial charge in [0, 0.05) is 11.9 Å². The summed E-state index contributed by atoms with van der Waals surface area (Å²) in [5, 5.41) is 0. The van der Waals surface area contributed by atoms with E-state index in [0.29, 0.717) is 5.88 Å². The molecule has 1 aliphatic rings. The largest absolute Gasteiger partial charge is 0.493 e. The number of ether oxygens (including phenoxy) is 1. The number of benzene rings is 1. The third kappa shape index (κ3) is 2.44. The van der Waals surface area contributed by atoms with Crippen molar-refractivity contribution in [3.63, 3.8) is 0 Å². The smallest absolute Gasteiger partial charge is 0.122 e. The normalized spacial score (nSPS) is 16.7. The molecular formula is C12H16ClNO. The zero-order valence-corrected chi connectivity index (χ0v) is 9.46. The summed E-state index contributed by atoms with van der Waals surface area (Å²) in [5.74, 6) is 1.62. The molecule has 0 spiro atoms. The zero-order chi connectivity index (χ0) is 10.7. The molecule has 0 saturated heterocycles. The number of alkyl halides is 1. The van der Waals surface area contributed by atoms with Crippen molar-refractivity contribution in [3.8, 4) is 5.75 Å². The zero-order valence-electron chi connectivity index (χ0n) is 8.71. The van der Waals surface area contributed by atoms with Crippen molar-refractivity contribution >= 4 is 11.6 Å². The Labute approximate surface area is 95.4 Å². The summed E-state index contributed by atoms with van der Waals surface area (Å²) in [6.07, 6.45) is 3.01. The van der Waals surface area contributed by atoms with Crippen LogP contribution in [0.3, 0.4) is 0 Å². The summed E-state index contributed by atoms with van der Waals surface area (Å²) in [6, 6.07) is 6.28. The monoisotopic (exact) mass is 225 g/mol. The Kier molecular flexibility index (Phi) is 3.49. The maximum Gasteiger partial charge on any atom is 0.122 e. The molecular weight excluding hydrogens is 210 g/mol. The standard InChI is InChI=1S/C12H16ClNO/c13-6-5-11(14)9-3-4-12-10(8-9)2-1-7-15-12/h3-4,8,11H,1-2,5-7,14H2. The van der Waals surface area contributed by atoms with E-state index in [4.69, 9.17) is 22.1 Å². The predicted molar refractivity (Wildman–Crippen MR) is 62.5 cm³/mol. The molecule has 1 unspecified atom stereocenters. The Morgan fingerprint density at radius 1 is 1.47 bits per heavy atom. The van der Waals surface area contributed by atoms with E-state index in [9.17, 15) is 0 Å². The average Bonchev–Trinajstić information content (AvgIpc) is 2.29. The van der Waals surface area contributed by atoms with Crippen molar-refractivity contribution in [2.75, 3.05) is 12.5 Å². The molecule has 1 aliphatic heterocycles. The second-order valence-electron chi connectivity index (χ2n) is 3.90. The fraction of sp³-hybridized carbons (Fsp3) is 0.500. The van der Waals surface area contributed by atoms with Crippen LogP contribution in [-0.4, -0.2) is 12.5 Å². The number of rotatable bonds is 3. The highest BCUT2D eigenvalue weighted by Crippen LogP contribution is 2.28. The summed E-state index contributed by atoms with van der Waals surface area (Å²) in [5.41, 5.74) is 8.46. The van der Waals surface area contributed by atoms with E-state index >= 15 is 0 Å². The highest BCUT2D eigenvalue weighted by atomic mass is 35.5. The number of hydrogen-bond donors (Lipinski definition) is 1. The van der Waals surface area contributed by atoms with Gasteiger partial charge in [0.15, 0.2) is 0 Å². The summed E-state index contributed by atoms with van der Waals surface area (Å²) in [6.45, 7) is 0.833. The van der Waals surface area contributed by atoms with Crippen molar-refractivity contribution in [1.82, 2.24) is 0 Å². The molecule has 0 bridgehead atoms. The fourth-order valence-electron chi connectivity index (χ4n) is 1.90. The van der Waals surface area contributed by atoms with E-state index in [1.165, 1.54) is 11.1 Å². The lowest BCUT2D eigenvalue weighted by Gasteiger charge is -2.19. The maximum absolute atomic E-state index is 6.01. The second-order valence-corrected chi connectivity index (χ2v) is 4.28. The van der Waals surface area contributed by atoms with Crippen molar-refractivity contribution < 1.29 is 4.74 Å². The van der Waals surface area contributed by atoms with Crippen molar-refractivity contribution in [3.05, 3.63) is 29.3 Å². The fourth-order valence-corrected chi connectivity index (χ4v) is 2.13. The first-order valence-electron chi connectivity index (χ1n) is 5.38. The van der Waals surface area contributed by atoms with Gasteiger partial charge in [-0.2, -0.15) is 0 Å². The molecule has 0 fully saturated rings. The molecule has 1 atom stereocenters. The van der Waals surface area contributed by atoms with E-state index in [2.05, 4.69) is 6.07 Å². The van der Waals surface area contributed by atoms with Gasteiger partial charge in [0.2, 0.25) is 0 Å². The van der Waals surface area contributed by atoms with Gasteiger partial charge in [-0.05, 0) is 36.5 Å². The minimum Gasteiger partial charge on any atom is -0.493 e. The lowest BCUT2D eigenvalue weighted by atomic mass is 9.98. The predicted octanol–water partition coefficient (Wildman–Crippen LogP) is 2.64. The summed E-state index contributed by atoms with van der Waals surface area (Å²) >= 11 is 5.68. The van der Waals surface area contributed by atoms with Crippen LogP contribution in [0.2, 0.25) is 0 Å². The van der Waals surface area contributed by atoms with Crippen molar-refractivity contribution in [2.45, 2.75) is 25.3 Å². The minimum absolute atomic E-state index is 0.0507. The molecule has 1 aromatic rings. The summed E-state index contributed by atoms with van der Waals surface area (Å²) in [7, 11) is 0. The lowest BCUT2D eigenvalue weighted by molar-refractivity contribution is 0.288. The quantitative estimate of drug-likeness (QED) is 0.803. The van der Waals surface area contributed by atoms with Crippen LogP contribution < -0.4 is 10.5 Å². The Balaban J connectivity index is 2.20. The van der Waals surface area contributed by atoms with Gasteiger partial charge in [-0.25, -0.2) is 0 Å². The van der Waals surface area contributed by atoms with Gasteiger partial charge in [0.05, 0.1) is 6.61 Å². The van der Waals surface area contributed by atoms with Crippen LogP contribution in [0, 0.1) is 0 Å². The SMILES string of the molecule is NC(CCCl)c1ccc2c(c1)CCCO2. The van der Waals surface area contributed by atoms with Crippen LogP contribution in [0.25, 0.3) is 0 Å². The number of fused-ring (bicyclic) bond motifs is 1. The van der Waals surface area contributed by atoms with Crippen LogP contribution in [0.4, 0.5) is 0 Å². The van der Waals surface area contributed by atoms with E-state index in [-0.39, 0.29) is 6.04 Å². The Morgan fingerprint density at radius 3 is 3.13 bits per heavy atom. The maximum atomic E-state index is 6.01. The van der Waals surface area contributed by atoms with E-state index in [1.807, 2.05) is 12.1 Å². The summed E-state index contributed by atoms with van der Waals surface area (Å²) in [4.78, 5) is 0. The number of aryl methyl sites for hydroxylation is 1. The molecule has 2 nitrogen and oxygen atoms in total. The van der Waals surface area contributed by atoms with E-state index < -0.39 is 0 Å². The average molecular weight is 226 g/mol. The number of halogens is 1. The van der Waals surface area contributed by atoms with Gasteiger partial charge >= 0.3 is 0 Å². The molecule has 2 rings (SSSR count). The summed E-state index contributed by atoms with van der Waals surface area (Å²) < 4.78 is 5.55. The van der Waals surface area contributed by atoms with Gasteiger partial charge in [-0.15, -0.1) is 11.6 Å². The number of hydrogen-bond acceptors (Lipinski definition) is 2. The number of nitrogens with two attached hydrogens (primary N) is 1. The first kappa shape index (κ1) is 10.8. The van der Waals surface area contributed by atoms with Crippen LogP contribution in [0.15, 0.2) is 18.2 Å². The molecule has 1 aromatic carbocycles. The van der Waals surface area contributed by atoms with Gasteiger partial charge in [0.25, 0.3) is 0 Å². The Morgan fingerprint density at radius 2 is 2.33 bits per heavy atom. The van der Waals surface area contributed by atoms with Crippen LogP contribution in [-0.2, 0) is 6.42 Å². The molecule has 0 radical (unpaired) electrons. The van der Waals surface area contributed by atoms with Crippen LogP contribution >= 0.6 is 11.6 Å². The van der Waals surface area contributed by atoms with E-state index in [1.54, 1.807) is 0 Å². The van der Waals surface area contributed by atoms with Crippen molar-refractivity contribution in [1.29, 1.82) is 0 Å². The third-order valence-corrected chi connectivity index (χ3v) is 3.00. The highest BCUT2D eigenvalue weighted by molar-refractivity contribution is 6.17. The molecule has 3 heteroatoms. The van der Waals surface area contributed by atoms with Gasteiger partial charge in [0.1, 0.15) is 5.75 Å². The minimum atomic E-state index is 0.0507. The van der Waals surface area contributed by atoms with Gasteiger partial charge in [-0.1, -0.05) is 12.1 Å². The molecule has 2 N–H and O–H groups in total. The van der Waals surface area contributed by atoms with Crippen LogP contribution in [0.5, 0.6) is 5.75 Å². The van der Waals surface area contributed by atoms with Crippen LogP contribution in [0.1, 0.15) is 30.0 Å².